The summed E-state index contributed by atoms with van der Waals surface area (Å²) in [6.07, 6.45) is -4.48. The van der Waals surface area contributed by atoms with Crippen molar-refractivity contribution in [2.24, 2.45) is 11.7 Å². The molecular formula is C14H16F3N3O2. The Morgan fingerprint density at radius 1 is 1.09 bits per heavy atom. The van der Waals surface area contributed by atoms with Crippen molar-refractivity contribution < 1.29 is 22.8 Å². The minimum absolute atomic E-state index is 0.0176. The zero-order valence-electron chi connectivity index (χ0n) is 11.7. The molecule has 22 heavy (non-hydrogen) atoms. The standard InChI is InChI=1S/C14H16F3N3O2/c15-14(16,17)10-1-3-20(4-2-10)13(22)9-5-8(12(19)21)6-11(18)7-9/h5-7,10H,1-4,18H2,(H2,19,21). The first-order chi connectivity index (χ1) is 10.2. The van der Waals surface area contributed by atoms with E-state index in [1.165, 1.54) is 23.1 Å². The highest BCUT2D eigenvalue weighted by Crippen LogP contribution is 2.34. The highest BCUT2D eigenvalue weighted by molar-refractivity contribution is 6.00. The predicted molar refractivity (Wildman–Crippen MR) is 74.1 cm³/mol. The average molecular weight is 315 g/mol. The Balaban J connectivity index is 2.12. The molecule has 1 aliphatic heterocycles. The number of alkyl halides is 3. The molecule has 0 radical (unpaired) electrons. The van der Waals surface area contributed by atoms with Gasteiger partial charge in [0.15, 0.2) is 0 Å². The maximum absolute atomic E-state index is 12.6. The Morgan fingerprint density at radius 2 is 1.64 bits per heavy atom. The number of anilines is 1. The van der Waals surface area contributed by atoms with Crippen LogP contribution in [0.3, 0.4) is 0 Å². The van der Waals surface area contributed by atoms with Crippen molar-refractivity contribution in [1.82, 2.24) is 4.90 Å². The van der Waals surface area contributed by atoms with Crippen molar-refractivity contribution in [2.75, 3.05) is 18.8 Å². The highest BCUT2D eigenvalue weighted by Gasteiger charge is 2.41. The number of likely N-dealkylation sites (tertiary alicyclic amines) is 1. The molecule has 0 aromatic heterocycles. The third-order valence-corrected chi connectivity index (χ3v) is 3.73. The van der Waals surface area contributed by atoms with Crippen LogP contribution in [0.4, 0.5) is 18.9 Å². The van der Waals surface area contributed by atoms with Crippen molar-refractivity contribution >= 4 is 17.5 Å². The van der Waals surface area contributed by atoms with Gasteiger partial charge in [0.1, 0.15) is 0 Å². The van der Waals surface area contributed by atoms with Gasteiger partial charge in [-0.2, -0.15) is 13.2 Å². The lowest BCUT2D eigenvalue weighted by molar-refractivity contribution is -0.183. The van der Waals surface area contributed by atoms with Crippen LogP contribution in [0.1, 0.15) is 33.6 Å². The molecular weight excluding hydrogens is 299 g/mol. The Kier molecular flexibility index (Phi) is 4.30. The number of rotatable bonds is 2. The second-order valence-corrected chi connectivity index (χ2v) is 5.32. The van der Waals surface area contributed by atoms with Gasteiger partial charge in [-0.3, -0.25) is 9.59 Å². The maximum atomic E-state index is 12.6. The fourth-order valence-electron chi connectivity index (χ4n) is 2.51. The molecule has 4 N–H and O–H groups in total. The van der Waals surface area contributed by atoms with Crippen molar-refractivity contribution in [3.05, 3.63) is 29.3 Å². The van der Waals surface area contributed by atoms with E-state index in [9.17, 15) is 22.8 Å². The summed E-state index contributed by atoms with van der Waals surface area (Å²) in [5, 5.41) is 0. The number of primary amides is 1. The monoisotopic (exact) mass is 315 g/mol. The quantitative estimate of drug-likeness (QED) is 0.815. The van der Waals surface area contributed by atoms with E-state index < -0.39 is 23.9 Å². The van der Waals surface area contributed by atoms with Crippen LogP contribution in [-0.4, -0.2) is 36.0 Å². The summed E-state index contributed by atoms with van der Waals surface area (Å²) in [7, 11) is 0. The number of benzene rings is 1. The summed E-state index contributed by atoms with van der Waals surface area (Å²) >= 11 is 0. The molecule has 0 aliphatic carbocycles. The van der Waals surface area contributed by atoms with E-state index in [2.05, 4.69) is 0 Å². The topological polar surface area (TPSA) is 89.4 Å². The van der Waals surface area contributed by atoms with Crippen LogP contribution in [0.5, 0.6) is 0 Å². The van der Waals surface area contributed by atoms with Gasteiger partial charge in [0, 0.05) is 29.9 Å². The van der Waals surface area contributed by atoms with Crippen LogP contribution >= 0.6 is 0 Å². The van der Waals surface area contributed by atoms with Gasteiger partial charge >= 0.3 is 6.18 Å². The largest absolute Gasteiger partial charge is 0.399 e. The lowest BCUT2D eigenvalue weighted by atomic mass is 9.95. The van der Waals surface area contributed by atoms with E-state index in [1.807, 2.05) is 0 Å². The zero-order chi connectivity index (χ0) is 16.5. The summed E-state index contributed by atoms with van der Waals surface area (Å²) in [4.78, 5) is 24.8. The van der Waals surface area contributed by atoms with Crippen molar-refractivity contribution in [3.8, 4) is 0 Å². The summed E-state index contributed by atoms with van der Waals surface area (Å²) in [5.74, 6) is -2.55. The van der Waals surface area contributed by atoms with Crippen LogP contribution < -0.4 is 11.5 Å². The molecule has 1 aromatic rings. The highest BCUT2D eigenvalue weighted by atomic mass is 19.4. The molecule has 0 atom stereocenters. The molecule has 0 bridgehead atoms. The summed E-state index contributed by atoms with van der Waals surface area (Å²) in [6.45, 7) is 0.0351. The van der Waals surface area contributed by atoms with Gasteiger partial charge in [-0.15, -0.1) is 0 Å². The minimum atomic E-state index is -4.23. The first-order valence-corrected chi connectivity index (χ1v) is 6.75. The number of nitrogens with two attached hydrogens (primary N) is 2. The summed E-state index contributed by atoms with van der Waals surface area (Å²) < 4.78 is 37.8. The number of nitrogen functional groups attached to an aromatic ring is 1. The second kappa shape index (κ2) is 5.86. The van der Waals surface area contributed by atoms with Crippen LogP contribution in [0.25, 0.3) is 0 Å². The smallest absolute Gasteiger partial charge is 0.391 e. The number of halogens is 3. The molecule has 120 valence electrons. The minimum Gasteiger partial charge on any atom is -0.399 e. The van der Waals surface area contributed by atoms with Crippen LogP contribution in [0.2, 0.25) is 0 Å². The molecule has 2 rings (SSSR count). The van der Waals surface area contributed by atoms with Crippen molar-refractivity contribution in [3.63, 3.8) is 0 Å². The van der Waals surface area contributed by atoms with E-state index in [0.717, 1.165) is 0 Å². The average Bonchev–Trinajstić information content (AvgIpc) is 2.45. The number of hydrogen-bond donors (Lipinski definition) is 2. The third kappa shape index (κ3) is 3.49. The number of amides is 2. The first kappa shape index (κ1) is 16.1. The van der Waals surface area contributed by atoms with Gasteiger partial charge in [-0.25, -0.2) is 0 Å². The molecule has 1 heterocycles. The van der Waals surface area contributed by atoms with Crippen molar-refractivity contribution in [2.45, 2.75) is 19.0 Å². The maximum Gasteiger partial charge on any atom is 0.391 e. The normalized spacial score (nSPS) is 16.6. The molecule has 1 saturated heterocycles. The van der Waals surface area contributed by atoms with Gasteiger partial charge in [-0.1, -0.05) is 0 Å². The number of nitrogens with zero attached hydrogens (tertiary/aromatic N) is 1. The SMILES string of the molecule is NC(=O)c1cc(N)cc(C(=O)N2CCC(C(F)(F)F)CC2)c1. The van der Waals surface area contributed by atoms with Crippen LogP contribution in [0.15, 0.2) is 18.2 Å². The van der Waals surface area contributed by atoms with Gasteiger partial charge in [0.25, 0.3) is 5.91 Å². The van der Waals surface area contributed by atoms with E-state index in [1.54, 1.807) is 0 Å². The number of carbonyl (C=O) groups is 2. The van der Waals surface area contributed by atoms with E-state index >= 15 is 0 Å². The van der Waals surface area contributed by atoms with Gasteiger partial charge in [0.2, 0.25) is 5.91 Å². The lowest BCUT2D eigenvalue weighted by Crippen LogP contribution is -2.42. The fourth-order valence-corrected chi connectivity index (χ4v) is 2.51. The number of hydrogen-bond acceptors (Lipinski definition) is 3. The first-order valence-electron chi connectivity index (χ1n) is 6.75. The lowest BCUT2D eigenvalue weighted by Gasteiger charge is -2.33. The Labute approximate surface area is 125 Å². The Morgan fingerprint density at radius 3 is 2.14 bits per heavy atom. The molecule has 2 amide bonds. The second-order valence-electron chi connectivity index (χ2n) is 5.32. The molecule has 1 fully saturated rings. The molecule has 1 aromatic carbocycles. The fraction of sp³-hybridized carbons (Fsp3) is 0.429. The van der Waals surface area contributed by atoms with Crippen LogP contribution in [0, 0.1) is 5.92 Å². The molecule has 8 heteroatoms. The van der Waals surface area contributed by atoms with Crippen molar-refractivity contribution in [1.29, 1.82) is 0 Å². The predicted octanol–water partition coefficient (Wildman–Crippen LogP) is 1.78. The molecule has 0 saturated carbocycles. The van der Waals surface area contributed by atoms with E-state index in [4.69, 9.17) is 11.5 Å². The van der Waals surface area contributed by atoms with Gasteiger partial charge in [0.05, 0.1) is 5.92 Å². The van der Waals surface area contributed by atoms with Gasteiger partial charge in [-0.05, 0) is 31.0 Å². The molecule has 1 aliphatic rings. The van der Waals surface area contributed by atoms with Crippen LogP contribution in [-0.2, 0) is 0 Å². The molecule has 0 unspecified atom stereocenters. The van der Waals surface area contributed by atoms with Gasteiger partial charge < -0.3 is 16.4 Å². The summed E-state index contributed by atoms with van der Waals surface area (Å²) in [6, 6.07) is 4.02. The molecule has 5 nitrogen and oxygen atoms in total. The Bertz CT molecular complexity index is 593. The third-order valence-electron chi connectivity index (χ3n) is 3.73. The zero-order valence-corrected chi connectivity index (χ0v) is 11.7. The van der Waals surface area contributed by atoms with E-state index in [0.29, 0.717) is 0 Å². The van der Waals surface area contributed by atoms with E-state index in [-0.39, 0.29) is 42.7 Å². The summed E-state index contributed by atoms with van der Waals surface area (Å²) in [5.41, 5.74) is 11.2. The number of carbonyl (C=O) groups excluding carboxylic acids is 2. The Hall–Kier alpha value is -2.25. The number of piperidine rings is 1. The molecule has 0 spiro atoms.